The van der Waals surface area contributed by atoms with Crippen LogP contribution in [-0.4, -0.2) is 21.4 Å². The monoisotopic (exact) mass is 514 g/mol. The van der Waals surface area contributed by atoms with E-state index in [1.165, 1.54) is 6.07 Å². The van der Waals surface area contributed by atoms with Crippen molar-refractivity contribution in [3.05, 3.63) is 58.4 Å². The van der Waals surface area contributed by atoms with E-state index < -0.39 is 63.1 Å². The molecule has 0 spiro atoms. The van der Waals surface area contributed by atoms with Crippen molar-refractivity contribution in [2.24, 2.45) is 16.2 Å². The number of amides is 1. The Kier molecular flexibility index (Phi) is 5.27. The van der Waals surface area contributed by atoms with Gasteiger partial charge < -0.3 is 16.1 Å². The zero-order valence-electron chi connectivity index (χ0n) is 18.2. The quantitative estimate of drug-likeness (QED) is 0.141. The molecule has 190 valence electrons. The topological polar surface area (TPSA) is 109 Å². The van der Waals surface area contributed by atoms with Crippen molar-refractivity contribution < 1.29 is 35.5 Å². The first-order valence-corrected chi connectivity index (χ1v) is 10.8. The van der Waals surface area contributed by atoms with E-state index >= 15 is 0 Å². The number of nitrogens with zero attached hydrogens (tertiary/aromatic N) is 3. The lowest BCUT2D eigenvalue weighted by molar-refractivity contribution is -0.137. The number of halogens is 7. The molecule has 1 amide bonds. The van der Waals surface area contributed by atoms with Crippen molar-refractivity contribution in [3.63, 3.8) is 0 Å². The largest absolute Gasteiger partial charge is 0.416 e. The number of hydrogen-bond acceptors (Lipinski definition) is 4. The number of nitrogens with two attached hydrogens (primary N) is 1. The molecule has 7 nitrogen and oxygen atoms in total. The first-order valence-electron chi connectivity index (χ1n) is 10.8. The normalized spacial score (nSPS) is 23.8. The summed E-state index contributed by atoms with van der Waals surface area (Å²) < 4.78 is 96.4. The summed E-state index contributed by atoms with van der Waals surface area (Å²) in [5.41, 5.74) is -4.68. The number of aromatic amines is 1. The van der Waals surface area contributed by atoms with Crippen LogP contribution in [0.25, 0.3) is 11.0 Å². The average molecular weight is 514 g/mol. The molecule has 3 aliphatic rings. The lowest BCUT2D eigenvalue weighted by Crippen LogP contribution is -2.66. The molecule has 36 heavy (non-hydrogen) atoms. The Hall–Kier alpha value is -3.71. The van der Waals surface area contributed by atoms with Gasteiger partial charge in [-0.3, -0.25) is 4.79 Å². The molecule has 0 unspecified atom stereocenters. The van der Waals surface area contributed by atoms with Gasteiger partial charge in [-0.05, 0) is 43.9 Å². The molecular formula is C22H17F7N6O. The van der Waals surface area contributed by atoms with Gasteiger partial charge in [0.15, 0.2) is 29.0 Å². The minimum Gasteiger partial charge on any atom is -0.346 e. The number of H-pyrrole nitrogens is 1. The third-order valence-corrected chi connectivity index (χ3v) is 6.98. The number of imidazole rings is 1. The molecule has 3 aromatic rings. The number of fused-ring (bicyclic) bond motifs is 3. The van der Waals surface area contributed by atoms with Crippen molar-refractivity contribution >= 4 is 22.6 Å². The smallest absolute Gasteiger partial charge is 0.346 e. The Bertz CT molecular complexity index is 1400. The maximum absolute atomic E-state index is 14.5. The molecule has 6 rings (SSSR count). The first-order chi connectivity index (χ1) is 16.9. The summed E-state index contributed by atoms with van der Waals surface area (Å²) in [6.45, 7) is 0. The highest BCUT2D eigenvalue weighted by Gasteiger charge is 2.60. The van der Waals surface area contributed by atoms with E-state index in [4.69, 9.17) is 5.84 Å². The predicted molar refractivity (Wildman–Crippen MR) is 111 cm³/mol. The number of rotatable bonds is 4. The molecule has 2 bridgehead atoms. The number of nitrogens with one attached hydrogen (secondary N) is 2. The third-order valence-electron chi connectivity index (χ3n) is 6.98. The summed E-state index contributed by atoms with van der Waals surface area (Å²) in [6, 6.07) is 3.15. The summed E-state index contributed by atoms with van der Waals surface area (Å²) in [5, 5.41) is 7.92. The summed E-state index contributed by atoms with van der Waals surface area (Å²) in [6.07, 6.45) is -2.38. The molecule has 0 saturated heterocycles. The van der Waals surface area contributed by atoms with Gasteiger partial charge in [0.1, 0.15) is 11.4 Å². The van der Waals surface area contributed by atoms with Crippen LogP contribution in [0.1, 0.15) is 53.8 Å². The summed E-state index contributed by atoms with van der Waals surface area (Å²) in [5.74, 6) is -3.94. The van der Waals surface area contributed by atoms with Gasteiger partial charge in [-0.25, -0.2) is 22.5 Å². The summed E-state index contributed by atoms with van der Waals surface area (Å²) >= 11 is 0. The fourth-order valence-corrected chi connectivity index (χ4v) is 5.50. The van der Waals surface area contributed by atoms with E-state index in [0.29, 0.717) is 30.6 Å². The SMILES string of the molecule is NN=Nc1c(F)c(F)c(C(=O)NC23CCCC(c4nc5ccc(C(F)(F)F)cc5[nH]4)(C2)C3)c(F)c1F. The van der Waals surface area contributed by atoms with Crippen LogP contribution in [-0.2, 0) is 11.6 Å². The van der Waals surface area contributed by atoms with Gasteiger partial charge in [0.25, 0.3) is 5.91 Å². The standard InChI is InChI=1S/C22H17F7N6O/c23-13-12(14(24)16(26)17(15(13)25)34-35-30)18(36)33-21-5-1-4-20(7-21,8-21)19-31-10-3-2-9(22(27,28)29)6-11(10)32-19/h2-3,6H,1,4-5,7-8H2,(H2,30,34)(H,31,32)(H,33,36). The Morgan fingerprint density at radius 2 is 1.72 bits per heavy atom. The van der Waals surface area contributed by atoms with Gasteiger partial charge in [0.05, 0.1) is 16.6 Å². The molecular weight excluding hydrogens is 497 g/mol. The second-order valence-electron chi connectivity index (χ2n) is 9.23. The lowest BCUT2D eigenvalue weighted by atomic mass is 9.49. The van der Waals surface area contributed by atoms with Crippen molar-refractivity contribution in [1.82, 2.24) is 15.3 Å². The van der Waals surface area contributed by atoms with Crippen LogP contribution in [0, 0.1) is 23.3 Å². The zero-order chi connectivity index (χ0) is 26.0. The Morgan fingerprint density at radius 3 is 2.33 bits per heavy atom. The maximum atomic E-state index is 14.5. The molecule has 3 saturated carbocycles. The number of benzene rings is 2. The minimum atomic E-state index is -4.52. The van der Waals surface area contributed by atoms with Gasteiger partial charge in [0, 0.05) is 11.0 Å². The second-order valence-corrected chi connectivity index (χ2v) is 9.23. The van der Waals surface area contributed by atoms with E-state index in [2.05, 4.69) is 25.6 Å². The molecule has 0 radical (unpaired) electrons. The number of carbonyl (C=O) groups excluding carboxylic acids is 1. The average Bonchev–Trinajstić information content (AvgIpc) is 3.24. The third kappa shape index (κ3) is 3.57. The number of alkyl halides is 3. The van der Waals surface area contributed by atoms with Crippen LogP contribution in [0.2, 0.25) is 0 Å². The second kappa shape index (κ2) is 7.90. The Morgan fingerprint density at radius 1 is 1.06 bits per heavy atom. The molecule has 3 aliphatic carbocycles. The van der Waals surface area contributed by atoms with Crippen molar-refractivity contribution in [1.29, 1.82) is 0 Å². The van der Waals surface area contributed by atoms with E-state index in [1.807, 2.05) is 0 Å². The van der Waals surface area contributed by atoms with E-state index in [0.717, 1.165) is 12.1 Å². The van der Waals surface area contributed by atoms with Crippen molar-refractivity contribution in [2.75, 3.05) is 0 Å². The van der Waals surface area contributed by atoms with E-state index in [-0.39, 0.29) is 18.4 Å². The lowest BCUT2D eigenvalue weighted by Gasteiger charge is -2.60. The highest BCUT2D eigenvalue weighted by molar-refractivity contribution is 5.96. The van der Waals surface area contributed by atoms with E-state index in [1.54, 1.807) is 0 Å². The molecule has 4 N–H and O–H groups in total. The van der Waals surface area contributed by atoms with Gasteiger partial charge in [-0.1, -0.05) is 11.6 Å². The van der Waals surface area contributed by atoms with Crippen LogP contribution in [0.4, 0.5) is 36.4 Å². The van der Waals surface area contributed by atoms with Crippen molar-refractivity contribution in [2.45, 2.75) is 49.2 Å². The highest BCUT2D eigenvalue weighted by atomic mass is 19.4. The van der Waals surface area contributed by atoms with Gasteiger partial charge in [0.2, 0.25) is 0 Å². The maximum Gasteiger partial charge on any atom is 0.416 e. The Labute approximate surface area is 197 Å². The fourth-order valence-electron chi connectivity index (χ4n) is 5.50. The number of hydrogen-bond donors (Lipinski definition) is 3. The van der Waals surface area contributed by atoms with E-state index in [9.17, 15) is 35.5 Å². The fraction of sp³-hybridized carbons (Fsp3) is 0.364. The van der Waals surface area contributed by atoms with Crippen LogP contribution in [0.15, 0.2) is 28.5 Å². The Balaban J connectivity index is 1.41. The van der Waals surface area contributed by atoms with Crippen molar-refractivity contribution in [3.8, 4) is 0 Å². The molecule has 14 heteroatoms. The molecule has 1 aromatic heterocycles. The number of carbonyl (C=O) groups is 1. The van der Waals surface area contributed by atoms with Crippen LogP contribution >= 0.6 is 0 Å². The molecule has 0 atom stereocenters. The van der Waals surface area contributed by atoms with Crippen LogP contribution in [0.5, 0.6) is 0 Å². The summed E-state index contributed by atoms with van der Waals surface area (Å²) in [7, 11) is 0. The predicted octanol–water partition coefficient (Wildman–Crippen LogP) is 5.48. The zero-order valence-corrected chi connectivity index (χ0v) is 18.2. The highest BCUT2D eigenvalue weighted by Crippen LogP contribution is 2.59. The molecule has 1 heterocycles. The number of aromatic nitrogens is 2. The molecule has 0 aliphatic heterocycles. The van der Waals surface area contributed by atoms with Gasteiger partial charge >= 0.3 is 6.18 Å². The first kappa shape index (κ1) is 24.0. The minimum absolute atomic E-state index is 0.200. The summed E-state index contributed by atoms with van der Waals surface area (Å²) in [4.78, 5) is 20.1. The molecule has 2 aromatic carbocycles. The van der Waals surface area contributed by atoms with Crippen LogP contribution < -0.4 is 11.2 Å². The van der Waals surface area contributed by atoms with Gasteiger partial charge in [-0.2, -0.15) is 13.2 Å². The van der Waals surface area contributed by atoms with Gasteiger partial charge in [-0.15, -0.1) is 5.11 Å². The molecule has 3 fully saturated rings. The van der Waals surface area contributed by atoms with Crippen LogP contribution in [0.3, 0.4) is 0 Å².